The lowest BCUT2D eigenvalue weighted by Gasteiger charge is -2.01. The van der Waals surface area contributed by atoms with Gasteiger partial charge in [0.1, 0.15) is 5.02 Å². The molecule has 72 valence electrons. The smallest absolute Gasteiger partial charge is 0.267 e. The number of nitrogens with one attached hydrogen (secondary N) is 1. The number of aromatic amines is 1. The van der Waals surface area contributed by atoms with E-state index in [1.807, 2.05) is 0 Å². The van der Waals surface area contributed by atoms with Crippen molar-refractivity contribution in [3.8, 4) is 0 Å². The van der Waals surface area contributed by atoms with Crippen molar-refractivity contribution < 1.29 is 0 Å². The van der Waals surface area contributed by atoms with Crippen molar-refractivity contribution in [1.82, 2.24) is 4.98 Å². The summed E-state index contributed by atoms with van der Waals surface area (Å²) in [4.78, 5) is 13.8. The Hall–Kier alpha value is -0.700. The predicted molar refractivity (Wildman–Crippen MR) is 59.6 cm³/mol. The molecule has 1 heterocycles. The lowest BCUT2D eigenvalue weighted by Crippen LogP contribution is -2.05. The maximum atomic E-state index is 11.2. The fourth-order valence-corrected chi connectivity index (χ4v) is 1.94. The Morgan fingerprint density at radius 3 is 2.43 bits per heavy atom. The molecule has 1 N–H and O–H groups in total. The first-order chi connectivity index (χ1) is 6.58. The number of aromatic nitrogens is 1. The number of pyridine rings is 1. The number of hydrogen-bond acceptors (Lipinski definition) is 1. The van der Waals surface area contributed by atoms with Gasteiger partial charge >= 0.3 is 0 Å². The first-order valence-electron chi connectivity index (χ1n) is 3.75. The average Bonchev–Trinajstić information content (AvgIpc) is 2.08. The molecule has 0 aliphatic rings. The average molecular weight is 248 g/mol. The minimum Gasteiger partial charge on any atom is -0.319 e. The van der Waals surface area contributed by atoms with E-state index in [1.165, 1.54) is 6.07 Å². The van der Waals surface area contributed by atoms with Crippen LogP contribution in [0.15, 0.2) is 23.0 Å². The normalized spacial score (nSPS) is 10.8. The molecular formula is C9H4Cl3NO. The molecular weight excluding hydrogens is 244 g/mol. The largest absolute Gasteiger partial charge is 0.319 e. The van der Waals surface area contributed by atoms with Crippen molar-refractivity contribution >= 4 is 45.7 Å². The van der Waals surface area contributed by atoms with Gasteiger partial charge in [-0.3, -0.25) is 4.79 Å². The van der Waals surface area contributed by atoms with Crippen LogP contribution in [0.25, 0.3) is 10.9 Å². The summed E-state index contributed by atoms with van der Waals surface area (Å²) < 4.78 is 0. The van der Waals surface area contributed by atoms with E-state index in [9.17, 15) is 4.79 Å². The van der Waals surface area contributed by atoms with Gasteiger partial charge in [0, 0.05) is 10.4 Å². The van der Waals surface area contributed by atoms with Gasteiger partial charge in [0.05, 0.1) is 10.5 Å². The summed E-state index contributed by atoms with van der Waals surface area (Å²) in [6.07, 6.45) is 0. The van der Waals surface area contributed by atoms with E-state index in [2.05, 4.69) is 4.98 Å². The molecule has 0 saturated carbocycles. The van der Waals surface area contributed by atoms with E-state index in [0.717, 1.165) is 0 Å². The highest BCUT2D eigenvalue weighted by Gasteiger charge is 2.04. The van der Waals surface area contributed by atoms with Gasteiger partial charge in [-0.1, -0.05) is 34.8 Å². The van der Waals surface area contributed by atoms with Crippen LogP contribution in [-0.4, -0.2) is 4.98 Å². The summed E-state index contributed by atoms with van der Waals surface area (Å²) in [7, 11) is 0. The second-order valence-electron chi connectivity index (χ2n) is 2.80. The third kappa shape index (κ3) is 1.61. The zero-order valence-electron chi connectivity index (χ0n) is 6.77. The van der Waals surface area contributed by atoms with Crippen LogP contribution < -0.4 is 5.56 Å². The second-order valence-corrected chi connectivity index (χ2v) is 4.05. The zero-order chi connectivity index (χ0) is 10.3. The monoisotopic (exact) mass is 247 g/mol. The van der Waals surface area contributed by atoms with E-state index < -0.39 is 0 Å². The van der Waals surface area contributed by atoms with Crippen molar-refractivity contribution in [2.75, 3.05) is 0 Å². The summed E-state index contributed by atoms with van der Waals surface area (Å²) in [5.74, 6) is 0. The molecule has 2 aromatic rings. The van der Waals surface area contributed by atoms with Gasteiger partial charge in [-0.2, -0.15) is 0 Å². The van der Waals surface area contributed by atoms with Gasteiger partial charge in [0.25, 0.3) is 5.56 Å². The molecule has 0 bridgehead atoms. The van der Waals surface area contributed by atoms with E-state index in [-0.39, 0.29) is 10.6 Å². The molecule has 2 rings (SSSR count). The van der Waals surface area contributed by atoms with Crippen LogP contribution in [0.3, 0.4) is 0 Å². The third-order valence-electron chi connectivity index (χ3n) is 1.82. The molecule has 0 unspecified atom stereocenters. The molecule has 0 aliphatic carbocycles. The third-order valence-corrected chi connectivity index (χ3v) is 2.62. The molecule has 0 amide bonds. The summed E-state index contributed by atoms with van der Waals surface area (Å²) in [6.45, 7) is 0. The van der Waals surface area contributed by atoms with E-state index in [1.54, 1.807) is 12.1 Å². The molecule has 0 saturated heterocycles. The maximum absolute atomic E-state index is 11.2. The fourth-order valence-electron chi connectivity index (χ4n) is 1.21. The SMILES string of the molecule is O=c1[nH]c2c(Cl)cc(Cl)cc2cc1Cl. The molecule has 0 spiro atoms. The Morgan fingerprint density at radius 2 is 1.71 bits per heavy atom. The number of halogens is 3. The predicted octanol–water partition coefficient (Wildman–Crippen LogP) is 3.49. The Kier molecular flexibility index (Phi) is 2.43. The number of benzene rings is 1. The van der Waals surface area contributed by atoms with Crippen LogP contribution in [0.5, 0.6) is 0 Å². The van der Waals surface area contributed by atoms with Crippen molar-refractivity contribution in [3.05, 3.63) is 43.6 Å². The number of rotatable bonds is 0. The van der Waals surface area contributed by atoms with E-state index in [0.29, 0.717) is 20.9 Å². The molecule has 14 heavy (non-hydrogen) atoms. The Balaban J connectivity index is 2.96. The van der Waals surface area contributed by atoms with Gasteiger partial charge in [-0.25, -0.2) is 0 Å². The van der Waals surface area contributed by atoms with Crippen LogP contribution in [0.4, 0.5) is 0 Å². The summed E-state index contributed by atoms with van der Waals surface area (Å²) in [5, 5.41) is 1.75. The van der Waals surface area contributed by atoms with Crippen molar-refractivity contribution in [2.24, 2.45) is 0 Å². The molecule has 0 aliphatic heterocycles. The molecule has 1 aromatic heterocycles. The Labute approximate surface area is 94.4 Å². The van der Waals surface area contributed by atoms with Crippen LogP contribution >= 0.6 is 34.8 Å². The molecule has 0 atom stereocenters. The molecule has 5 heteroatoms. The minimum atomic E-state index is -0.358. The van der Waals surface area contributed by atoms with Gasteiger partial charge in [-0.15, -0.1) is 0 Å². The summed E-state index contributed by atoms with van der Waals surface area (Å²) >= 11 is 17.3. The van der Waals surface area contributed by atoms with Crippen LogP contribution in [0.2, 0.25) is 15.1 Å². The van der Waals surface area contributed by atoms with Gasteiger partial charge in [0.15, 0.2) is 0 Å². The van der Waals surface area contributed by atoms with Crippen molar-refractivity contribution in [3.63, 3.8) is 0 Å². The van der Waals surface area contributed by atoms with E-state index in [4.69, 9.17) is 34.8 Å². The first-order valence-corrected chi connectivity index (χ1v) is 4.89. The Bertz CT molecular complexity index is 562. The quantitative estimate of drug-likeness (QED) is 0.760. The second kappa shape index (κ2) is 3.46. The highest BCUT2D eigenvalue weighted by molar-refractivity contribution is 6.38. The van der Waals surface area contributed by atoms with Gasteiger partial charge < -0.3 is 4.98 Å². The van der Waals surface area contributed by atoms with Gasteiger partial charge in [-0.05, 0) is 18.2 Å². The first kappa shape index (κ1) is 9.84. The minimum absolute atomic E-state index is 0.121. The highest BCUT2D eigenvalue weighted by Crippen LogP contribution is 2.26. The molecule has 0 radical (unpaired) electrons. The maximum Gasteiger partial charge on any atom is 0.267 e. The number of hydrogen-bond donors (Lipinski definition) is 1. The molecule has 0 fully saturated rings. The van der Waals surface area contributed by atoms with Crippen LogP contribution in [0.1, 0.15) is 0 Å². The van der Waals surface area contributed by atoms with Crippen molar-refractivity contribution in [2.45, 2.75) is 0 Å². The lowest BCUT2D eigenvalue weighted by atomic mass is 10.2. The van der Waals surface area contributed by atoms with Crippen LogP contribution in [-0.2, 0) is 0 Å². The van der Waals surface area contributed by atoms with Gasteiger partial charge in [0.2, 0.25) is 0 Å². The summed E-state index contributed by atoms with van der Waals surface area (Å²) in [6, 6.07) is 4.79. The lowest BCUT2D eigenvalue weighted by molar-refractivity contribution is 1.31. The molecule has 2 nitrogen and oxygen atoms in total. The highest BCUT2D eigenvalue weighted by atomic mass is 35.5. The molecule has 1 aromatic carbocycles. The van der Waals surface area contributed by atoms with Crippen LogP contribution in [0, 0.1) is 0 Å². The van der Waals surface area contributed by atoms with Crippen molar-refractivity contribution in [1.29, 1.82) is 0 Å². The summed E-state index contributed by atoms with van der Waals surface area (Å²) in [5.41, 5.74) is 0.189. The fraction of sp³-hybridized carbons (Fsp3) is 0. The number of fused-ring (bicyclic) bond motifs is 1. The number of H-pyrrole nitrogens is 1. The topological polar surface area (TPSA) is 32.9 Å². The zero-order valence-corrected chi connectivity index (χ0v) is 9.04. The van der Waals surface area contributed by atoms with E-state index >= 15 is 0 Å². The standard InChI is InChI=1S/C9H4Cl3NO/c10-5-1-4-2-7(12)9(14)13-8(4)6(11)3-5/h1-3H,(H,13,14). The Morgan fingerprint density at radius 1 is 1.00 bits per heavy atom.